The molecule has 0 atom stereocenters. The molecule has 0 saturated heterocycles. The first-order valence-electron chi connectivity index (χ1n) is 7.97. The molecule has 4 aromatic rings. The highest BCUT2D eigenvalue weighted by molar-refractivity contribution is 6.03. The third-order valence-corrected chi connectivity index (χ3v) is 3.73. The number of aryl methyl sites for hydroxylation is 1. The van der Waals surface area contributed by atoms with Crippen LogP contribution in [0.5, 0.6) is 0 Å². The van der Waals surface area contributed by atoms with E-state index in [1.165, 1.54) is 4.80 Å². The van der Waals surface area contributed by atoms with Crippen molar-refractivity contribution in [3.63, 3.8) is 0 Å². The Hall–Kier alpha value is -3.81. The standard InChI is InChI=1S/C18H15N7O/c1-13-17(23-25(22-13)15-6-3-2-4-7-15)18(26)21-14-8-9-16(19-12-14)24-11-5-10-20-24/h2-12H,1H3,(H,21,26). The zero-order valence-electron chi connectivity index (χ0n) is 13.9. The molecule has 3 aromatic heterocycles. The van der Waals surface area contributed by atoms with Crippen molar-refractivity contribution in [3.05, 3.63) is 78.5 Å². The van der Waals surface area contributed by atoms with E-state index in [4.69, 9.17) is 0 Å². The third kappa shape index (κ3) is 3.07. The molecule has 0 aliphatic heterocycles. The summed E-state index contributed by atoms with van der Waals surface area (Å²) in [6, 6.07) is 14.8. The number of carbonyl (C=O) groups excluding carboxylic acids is 1. The van der Waals surface area contributed by atoms with Crippen molar-refractivity contribution in [3.8, 4) is 11.5 Å². The maximum atomic E-state index is 12.5. The molecule has 26 heavy (non-hydrogen) atoms. The van der Waals surface area contributed by atoms with Gasteiger partial charge in [0.2, 0.25) is 0 Å². The monoisotopic (exact) mass is 345 g/mol. The van der Waals surface area contributed by atoms with Gasteiger partial charge in [0.05, 0.1) is 23.3 Å². The summed E-state index contributed by atoms with van der Waals surface area (Å²) in [5.74, 6) is 0.331. The van der Waals surface area contributed by atoms with Gasteiger partial charge in [-0.1, -0.05) is 18.2 Å². The van der Waals surface area contributed by atoms with Crippen LogP contribution in [0.1, 0.15) is 16.2 Å². The van der Waals surface area contributed by atoms with Gasteiger partial charge < -0.3 is 5.32 Å². The summed E-state index contributed by atoms with van der Waals surface area (Å²) < 4.78 is 1.64. The SMILES string of the molecule is Cc1nn(-c2ccccc2)nc1C(=O)Nc1ccc(-n2cccn2)nc1. The number of hydrogen-bond donors (Lipinski definition) is 1. The number of rotatable bonds is 4. The summed E-state index contributed by atoms with van der Waals surface area (Å²) in [6.45, 7) is 1.75. The molecule has 0 unspecified atom stereocenters. The third-order valence-electron chi connectivity index (χ3n) is 3.73. The second kappa shape index (κ2) is 6.60. The Labute approximate surface area is 149 Å². The Morgan fingerprint density at radius 2 is 1.88 bits per heavy atom. The fourth-order valence-electron chi connectivity index (χ4n) is 2.46. The number of nitrogens with zero attached hydrogens (tertiary/aromatic N) is 6. The fraction of sp³-hybridized carbons (Fsp3) is 0.0556. The number of benzene rings is 1. The minimum atomic E-state index is -0.335. The minimum absolute atomic E-state index is 0.269. The summed E-state index contributed by atoms with van der Waals surface area (Å²) in [5, 5.41) is 15.5. The van der Waals surface area contributed by atoms with E-state index in [0.717, 1.165) is 5.69 Å². The lowest BCUT2D eigenvalue weighted by atomic mass is 10.3. The highest BCUT2D eigenvalue weighted by Crippen LogP contribution is 2.13. The number of aromatic nitrogens is 6. The van der Waals surface area contributed by atoms with E-state index in [1.807, 2.05) is 36.4 Å². The lowest BCUT2D eigenvalue weighted by molar-refractivity contribution is 0.102. The summed E-state index contributed by atoms with van der Waals surface area (Å²) in [6.07, 6.45) is 5.05. The van der Waals surface area contributed by atoms with Gasteiger partial charge in [-0.3, -0.25) is 4.79 Å². The summed E-state index contributed by atoms with van der Waals surface area (Å²) in [5.41, 5.74) is 2.18. The number of nitrogens with one attached hydrogen (secondary N) is 1. The molecule has 0 radical (unpaired) electrons. The van der Waals surface area contributed by atoms with Crippen LogP contribution in [-0.2, 0) is 0 Å². The molecule has 4 rings (SSSR count). The van der Waals surface area contributed by atoms with Crippen molar-refractivity contribution in [2.24, 2.45) is 0 Å². The van der Waals surface area contributed by atoms with Crippen LogP contribution in [0.3, 0.4) is 0 Å². The molecular weight excluding hydrogens is 330 g/mol. The predicted octanol–water partition coefficient (Wildman–Crippen LogP) is 2.41. The molecule has 8 heteroatoms. The smallest absolute Gasteiger partial charge is 0.278 e. The molecule has 3 heterocycles. The van der Waals surface area contributed by atoms with E-state index in [2.05, 4.69) is 25.6 Å². The van der Waals surface area contributed by atoms with E-state index in [9.17, 15) is 4.79 Å². The maximum Gasteiger partial charge on any atom is 0.278 e. The average Bonchev–Trinajstić information content (AvgIpc) is 3.33. The first kappa shape index (κ1) is 15.7. The van der Waals surface area contributed by atoms with E-state index >= 15 is 0 Å². The van der Waals surface area contributed by atoms with Gasteiger partial charge in [-0.25, -0.2) is 9.67 Å². The maximum absolute atomic E-state index is 12.5. The van der Waals surface area contributed by atoms with Crippen LogP contribution in [0.2, 0.25) is 0 Å². The van der Waals surface area contributed by atoms with Crippen molar-refractivity contribution in [1.82, 2.24) is 29.8 Å². The summed E-state index contributed by atoms with van der Waals surface area (Å²) in [4.78, 5) is 18.3. The molecule has 8 nitrogen and oxygen atoms in total. The van der Waals surface area contributed by atoms with Gasteiger partial charge >= 0.3 is 0 Å². The van der Waals surface area contributed by atoms with Crippen molar-refractivity contribution < 1.29 is 4.79 Å². The first-order chi connectivity index (χ1) is 12.7. The molecule has 1 aromatic carbocycles. The molecule has 0 aliphatic rings. The Morgan fingerprint density at radius 1 is 1.04 bits per heavy atom. The Morgan fingerprint density at radius 3 is 2.58 bits per heavy atom. The molecule has 1 N–H and O–H groups in total. The highest BCUT2D eigenvalue weighted by atomic mass is 16.2. The second-order valence-electron chi connectivity index (χ2n) is 5.57. The normalized spacial score (nSPS) is 10.7. The van der Waals surface area contributed by atoms with Gasteiger partial charge in [0, 0.05) is 12.4 Å². The molecule has 0 saturated carbocycles. The molecule has 0 aliphatic carbocycles. The Kier molecular flexibility index (Phi) is 3.98. The van der Waals surface area contributed by atoms with Crippen molar-refractivity contribution >= 4 is 11.6 Å². The Bertz CT molecular complexity index is 1020. The number of carbonyl (C=O) groups is 1. The first-order valence-corrected chi connectivity index (χ1v) is 7.97. The van der Waals surface area contributed by atoms with Crippen LogP contribution in [0, 0.1) is 6.92 Å². The molecule has 128 valence electrons. The molecule has 1 amide bonds. The quantitative estimate of drug-likeness (QED) is 0.613. The van der Waals surface area contributed by atoms with Crippen LogP contribution in [0.15, 0.2) is 67.1 Å². The van der Waals surface area contributed by atoms with Crippen molar-refractivity contribution in [2.45, 2.75) is 6.92 Å². The van der Waals surface area contributed by atoms with E-state index in [1.54, 1.807) is 42.3 Å². The van der Waals surface area contributed by atoms with Crippen LogP contribution >= 0.6 is 0 Å². The van der Waals surface area contributed by atoms with Crippen molar-refractivity contribution in [2.75, 3.05) is 5.32 Å². The topological polar surface area (TPSA) is 90.5 Å². The van der Waals surface area contributed by atoms with Gasteiger partial charge in [-0.15, -0.1) is 5.10 Å². The zero-order chi connectivity index (χ0) is 17.9. The number of pyridine rings is 1. The van der Waals surface area contributed by atoms with Crippen molar-refractivity contribution in [1.29, 1.82) is 0 Å². The van der Waals surface area contributed by atoms with Gasteiger partial charge in [0.1, 0.15) is 0 Å². The van der Waals surface area contributed by atoms with Gasteiger partial charge in [-0.05, 0) is 37.3 Å². The Balaban J connectivity index is 1.52. The van der Waals surface area contributed by atoms with Gasteiger partial charge in [0.15, 0.2) is 11.5 Å². The van der Waals surface area contributed by atoms with Gasteiger partial charge in [-0.2, -0.15) is 15.0 Å². The number of para-hydroxylation sites is 1. The van der Waals surface area contributed by atoms with Crippen LogP contribution in [0.25, 0.3) is 11.5 Å². The largest absolute Gasteiger partial charge is 0.319 e. The van der Waals surface area contributed by atoms with Crippen LogP contribution in [-0.4, -0.2) is 35.7 Å². The minimum Gasteiger partial charge on any atom is -0.319 e. The zero-order valence-corrected chi connectivity index (χ0v) is 13.9. The van der Waals surface area contributed by atoms with E-state index in [-0.39, 0.29) is 11.6 Å². The fourth-order valence-corrected chi connectivity index (χ4v) is 2.46. The number of amides is 1. The lowest BCUT2D eigenvalue weighted by Crippen LogP contribution is -2.14. The van der Waals surface area contributed by atoms with E-state index < -0.39 is 0 Å². The number of hydrogen-bond acceptors (Lipinski definition) is 5. The average molecular weight is 345 g/mol. The van der Waals surface area contributed by atoms with Crippen LogP contribution < -0.4 is 5.32 Å². The predicted molar refractivity (Wildman–Crippen MR) is 95.4 cm³/mol. The van der Waals surface area contributed by atoms with Crippen LogP contribution in [0.4, 0.5) is 5.69 Å². The lowest BCUT2D eigenvalue weighted by Gasteiger charge is -2.05. The number of anilines is 1. The molecule has 0 spiro atoms. The summed E-state index contributed by atoms with van der Waals surface area (Å²) >= 11 is 0. The molecular formula is C18H15N7O. The molecule has 0 fully saturated rings. The highest BCUT2D eigenvalue weighted by Gasteiger charge is 2.16. The second-order valence-corrected chi connectivity index (χ2v) is 5.57. The summed E-state index contributed by atoms with van der Waals surface area (Å²) in [7, 11) is 0. The molecule has 0 bridgehead atoms. The van der Waals surface area contributed by atoms with Gasteiger partial charge in [0.25, 0.3) is 5.91 Å². The van der Waals surface area contributed by atoms with E-state index in [0.29, 0.717) is 17.2 Å².